The van der Waals surface area contributed by atoms with Crippen molar-refractivity contribution in [2.75, 3.05) is 0 Å². The van der Waals surface area contributed by atoms with Crippen LogP contribution in [0.5, 0.6) is 0 Å². The summed E-state index contributed by atoms with van der Waals surface area (Å²) in [6.07, 6.45) is 0.387. The number of rotatable bonds is 4. The molecule has 0 radical (unpaired) electrons. The number of halogens is 2. The standard InChI is InChI=1S/C15H13Cl2NO2/c1-10-6-12(8-13(16)7-10)14(17)9-11-4-2-3-5-15(11)18(19)20/h2-8,14H,9H2,1H3. The smallest absolute Gasteiger partial charge is 0.258 e. The summed E-state index contributed by atoms with van der Waals surface area (Å²) in [7, 11) is 0. The van der Waals surface area contributed by atoms with E-state index >= 15 is 0 Å². The molecule has 0 fully saturated rings. The summed E-state index contributed by atoms with van der Waals surface area (Å²) in [6, 6.07) is 12.2. The second-order valence-electron chi connectivity index (χ2n) is 4.62. The van der Waals surface area contributed by atoms with Crippen molar-refractivity contribution in [3.8, 4) is 0 Å². The van der Waals surface area contributed by atoms with Gasteiger partial charge in [-0.3, -0.25) is 10.1 Å². The third-order valence-electron chi connectivity index (χ3n) is 3.01. The summed E-state index contributed by atoms with van der Waals surface area (Å²) in [6.45, 7) is 1.93. The largest absolute Gasteiger partial charge is 0.272 e. The number of para-hydroxylation sites is 1. The van der Waals surface area contributed by atoms with E-state index in [4.69, 9.17) is 23.2 Å². The number of nitro benzene ring substituents is 1. The fourth-order valence-electron chi connectivity index (χ4n) is 2.12. The van der Waals surface area contributed by atoms with Gasteiger partial charge in [0.2, 0.25) is 0 Å². The van der Waals surface area contributed by atoms with Crippen LogP contribution >= 0.6 is 23.2 Å². The Morgan fingerprint density at radius 2 is 1.95 bits per heavy atom. The van der Waals surface area contributed by atoms with Crippen LogP contribution in [0, 0.1) is 17.0 Å². The van der Waals surface area contributed by atoms with Crippen molar-refractivity contribution in [1.82, 2.24) is 0 Å². The van der Waals surface area contributed by atoms with E-state index in [1.54, 1.807) is 24.3 Å². The van der Waals surface area contributed by atoms with Crippen molar-refractivity contribution < 1.29 is 4.92 Å². The topological polar surface area (TPSA) is 43.1 Å². The van der Waals surface area contributed by atoms with Crippen LogP contribution in [0.15, 0.2) is 42.5 Å². The van der Waals surface area contributed by atoms with Crippen molar-refractivity contribution in [2.24, 2.45) is 0 Å². The molecule has 0 spiro atoms. The third kappa shape index (κ3) is 3.50. The minimum Gasteiger partial charge on any atom is -0.258 e. The molecule has 1 unspecified atom stereocenters. The Bertz CT molecular complexity index is 623. The highest BCUT2D eigenvalue weighted by atomic mass is 35.5. The Kier molecular flexibility index (Phi) is 4.63. The quantitative estimate of drug-likeness (QED) is 0.449. The summed E-state index contributed by atoms with van der Waals surface area (Å²) >= 11 is 12.4. The van der Waals surface area contributed by atoms with E-state index in [1.807, 2.05) is 19.1 Å². The molecule has 0 bridgehead atoms. The Hall–Kier alpha value is -1.58. The minimum atomic E-state index is -0.387. The zero-order chi connectivity index (χ0) is 14.7. The van der Waals surface area contributed by atoms with Gasteiger partial charge < -0.3 is 0 Å². The lowest BCUT2D eigenvalue weighted by Crippen LogP contribution is -2.00. The second-order valence-corrected chi connectivity index (χ2v) is 5.58. The van der Waals surface area contributed by atoms with Gasteiger partial charge in [0.15, 0.2) is 0 Å². The first kappa shape index (κ1) is 14.8. The van der Waals surface area contributed by atoms with E-state index in [1.165, 1.54) is 6.07 Å². The summed E-state index contributed by atoms with van der Waals surface area (Å²) in [4.78, 5) is 10.6. The van der Waals surface area contributed by atoms with Gasteiger partial charge in [-0.25, -0.2) is 0 Å². The first-order valence-corrected chi connectivity index (χ1v) is 6.92. The Balaban J connectivity index is 2.28. The van der Waals surface area contributed by atoms with Gasteiger partial charge in [-0.15, -0.1) is 11.6 Å². The Morgan fingerprint density at radius 3 is 2.60 bits per heavy atom. The van der Waals surface area contributed by atoms with Crippen molar-refractivity contribution in [3.63, 3.8) is 0 Å². The third-order valence-corrected chi connectivity index (χ3v) is 3.64. The zero-order valence-corrected chi connectivity index (χ0v) is 12.4. The maximum Gasteiger partial charge on any atom is 0.272 e. The number of alkyl halides is 1. The molecule has 0 saturated heterocycles. The van der Waals surface area contributed by atoms with Gasteiger partial charge in [0.05, 0.1) is 10.3 Å². The lowest BCUT2D eigenvalue weighted by atomic mass is 10.0. The first-order valence-electron chi connectivity index (χ1n) is 6.11. The molecule has 2 aromatic carbocycles. The maximum absolute atomic E-state index is 11.0. The molecule has 0 aliphatic heterocycles. The molecule has 0 aliphatic rings. The number of hydrogen-bond acceptors (Lipinski definition) is 2. The molecule has 0 saturated carbocycles. The average molecular weight is 310 g/mol. The van der Waals surface area contributed by atoms with E-state index in [0.717, 1.165) is 11.1 Å². The van der Waals surface area contributed by atoms with Crippen LogP contribution in [0.3, 0.4) is 0 Å². The van der Waals surface area contributed by atoms with Crippen LogP contribution in [0.4, 0.5) is 5.69 Å². The molecule has 20 heavy (non-hydrogen) atoms. The molecule has 0 aliphatic carbocycles. The van der Waals surface area contributed by atoms with Crippen LogP contribution in [-0.4, -0.2) is 4.92 Å². The van der Waals surface area contributed by atoms with Crippen LogP contribution < -0.4 is 0 Å². The summed E-state index contributed by atoms with van der Waals surface area (Å²) in [5.41, 5.74) is 2.60. The molecule has 0 heterocycles. The number of aryl methyl sites for hydroxylation is 1. The highest BCUT2D eigenvalue weighted by molar-refractivity contribution is 6.31. The molecule has 0 aromatic heterocycles. The zero-order valence-electron chi connectivity index (χ0n) is 10.8. The SMILES string of the molecule is Cc1cc(Cl)cc(C(Cl)Cc2ccccc2[N+](=O)[O-])c1. The van der Waals surface area contributed by atoms with Gasteiger partial charge in [0, 0.05) is 16.7 Å². The van der Waals surface area contributed by atoms with E-state index in [0.29, 0.717) is 17.0 Å². The number of nitro groups is 1. The predicted octanol–water partition coefficient (Wildman–Crippen LogP) is 5.08. The molecule has 2 aromatic rings. The van der Waals surface area contributed by atoms with Crippen molar-refractivity contribution in [2.45, 2.75) is 18.7 Å². The average Bonchev–Trinajstić information content (AvgIpc) is 2.37. The van der Waals surface area contributed by atoms with E-state index in [2.05, 4.69) is 0 Å². The van der Waals surface area contributed by atoms with Crippen molar-refractivity contribution >= 4 is 28.9 Å². The summed E-state index contributed by atoms with van der Waals surface area (Å²) in [5, 5.41) is 11.3. The fourth-order valence-corrected chi connectivity index (χ4v) is 2.71. The van der Waals surface area contributed by atoms with Crippen molar-refractivity contribution in [1.29, 1.82) is 0 Å². The van der Waals surface area contributed by atoms with Gasteiger partial charge in [-0.2, -0.15) is 0 Å². The molecule has 3 nitrogen and oxygen atoms in total. The lowest BCUT2D eigenvalue weighted by Gasteiger charge is -2.11. The Morgan fingerprint density at radius 1 is 1.25 bits per heavy atom. The second kappa shape index (κ2) is 6.25. The molecule has 2 rings (SSSR count). The normalized spacial score (nSPS) is 12.2. The van der Waals surface area contributed by atoms with Gasteiger partial charge in [-0.05, 0) is 36.6 Å². The number of benzene rings is 2. The van der Waals surface area contributed by atoms with Crippen molar-refractivity contribution in [3.05, 3.63) is 74.3 Å². The lowest BCUT2D eigenvalue weighted by molar-refractivity contribution is -0.385. The molecular formula is C15H13Cl2NO2. The van der Waals surface area contributed by atoms with Crippen LogP contribution in [0.25, 0.3) is 0 Å². The predicted molar refractivity (Wildman–Crippen MR) is 81.6 cm³/mol. The van der Waals surface area contributed by atoms with Gasteiger partial charge >= 0.3 is 0 Å². The van der Waals surface area contributed by atoms with E-state index < -0.39 is 0 Å². The first-order chi connectivity index (χ1) is 9.47. The highest BCUT2D eigenvalue weighted by Crippen LogP contribution is 2.31. The van der Waals surface area contributed by atoms with Crippen LogP contribution in [-0.2, 0) is 6.42 Å². The highest BCUT2D eigenvalue weighted by Gasteiger charge is 2.17. The van der Waals surface area contributed by atoms with Gasteiger partial charge in [0.25, 0.3) is 5.69 Å². The van der Waals surface area contributed by atoms with E-state index in [-0.39, 0.29) is 16.0 Å². The molecule has 1 atom stereocenters. The molecule has 5 heteroatoms. The maximum atomic E-state index is 11.0. The number of hydrogen-bond donors (Lipinski definition) is 0. The van der Waals surface area contributed by atoms with Gasteiger partial charge in [0.1, 0.15) is 0 Å². The van der Waals surface area contributed by atoms with Crippen LogP contribution in [0.2, 0.25) is 5.02 Å². The molecule has 104 valence electrons. The number of nitrogens with zero attached hydrogens (tertiary/aromatic N) is 1. The van der Waals surface area contributed by atoms with Gasteiger partial charge in [-0.1, -0.05) is 35.9 Å². The molecule has 0 N–H and O–H groups in total. The summed E-state index contributed by atoms with van der Waals surface area (Å²) in [5.74, 6) is 0. The summed E-state index contributed by atoms with van der Waals surface area (Å²) < 4.78 is 0. The van der Waals surface area contributed by atoms with Crippen LogP contribution in [0.1, 0.15) is 22.1 Å². The minimum absolute atomic E-state index is 0.0944. The van der Waals surface area contributed by atoms with E-state index in [9.17, 15) is 10.1 Å². The monoisotopic (exact) mass is 309 g/mol. The fraction of sp³-hybridized carbons (Fsp3) is 0.200. The molecular weight excluding hydrogens is 297 g/mol. The molecule has 0 amide bonds. The Labute approximate surface area is 127 Å².